The molecule has 13 nitrogen and oxygen atoms in total. The number of amides is 1. The van der Waals surface area contributed by atoms with Gasteiger partial charge in [0, 0.05) is 89.1 Å². The van der Waals surface area contributed by atoms with Gasteiger partial charge in [0.05, 0.1) is 25.4 Å². The molecule has 0 bridgehead atoms. The van der Waals surface area contributed by atoms with E-state index in [1.165, 1.54) is 48.6 Å². The van der Waals surface area contributed by atoms with Crippen molar-refractivity contribution in [2.24, 2.45) is 11.8 Å². The number of ether oxygens (including phenoxy) is 3. The molecule has 2 saturated heterocycles. The van der Waals surface area contributed by atoms with Crippen molar-refractivity contribution in [1.82, 2.24) is 33.2 Å². The minimum atomic E-state index is -2.71. The molecule has 3 heterocycles. The standard InChI is InChI=1S/C25H35F2N5OS.C18H33F2N3O4S.C6H5F.C2H6/c1-31(15-12-26)34-30-24-11-14-32(25-6-3-13-28-29-25)17-21(24)18-33-23-9-7-19(8-10-23)20-4-2-5-22(27)16-20;1-13(17(19)20)27-18(24)23-10-9-16(21-28(25)22(2)3)14(11-23)12-26-15-7-5-4-6-8-15;7-6-4-2-1-3-5-6;1-2/h2-6,13,16,19,21,23-24,30H,7-12,14-15,17-18H2,1H3;13-17,21H,4-12H2,1-3H3;1-5H;1-2H3/t19?,21-,23?,24?;;;/m0.../s1. The van der Waals surface area contributed by atoms with E-state index in [9.17, 15) is 31.0 Å². The van der Waals surface area contributed by atoms with E-state index in [1.54, 1.807) is 54.9 Å². The van der Waals surface area contributed by atoms with E-state index in [1.807, 2.05) is 43.4 Å². The van der Waals surface area contributed by atoms with Gasteiger partial charge < -0.3 is 24.0 Å². The molecule has 2 aliphatic heterocycles. The van der Waals surface area contributed by atoms with Crippen LogP contribution < -0.4 is 14.3 Å². The normalized spacial score (nSPS) is 23.6. The largest absolute Gasteiger partial charge is 0.440 e. The number of anilines is 1. The maximum Gasteiger partial charge on any atom is 0.410 e. The van der Waals surface area contributed by atoms with Crippen LogP contribution in [-0.2, 0) is 25.4 Å². The lowest BCUT2D eigenvalue weighted by Gasteiger charge is -2.40. The highest BCUT2D eigenvalue weighted by Crippen LogP contribution is 2.35. The van der Waals surface area contributed by atoms with E-state index < -0.39 is 29.8 Å². The van der Waals surface area contributed by atoms with Gasteiger partial charge in [0.25, 0.3) is 6.43 Å². The molecule has 5 unspecified atom stereocenters. The van der Waals surface area contributed by atoms with Crippen molar-refractivity contribution in [3.63, 3.8) is 0 Å². The zero-order valence-corrected chi connectivity index (χ0v) is 44.1. The van der Waals surface area contributed by atoms with Crippen LogP contribution in [0.25, 0.3) is 0 Å². The van der Waals surface area contributed by atoms with Gasteiger partial charge in [-0.25, -0.2) is 49.0 Å². The Kier molecular flexibility index (Phi) is 28.2. The number of hydrogen-bond donors (Lipinski definition) is 2. The predicted octanol–water partition coefficient (Wildman–Crippen LogP) is 10.0. The fourth-order valence-electron chi connectivity index (χ4n) is 8.88. The van der Waals surface area contributed by atoms with Crippen LogP contribution in [0.5, 0.6) is 0 Å². The maximum absolute atomic E-state index is 13.6. The van der Waals surface area contributed by atoms with Crippen molar-refractivity contribution < 1.29 is 45.2 Å². The van der Waals surface area contributed by atoms with Crippen LogP contribution in [-0.4, -0.2) is 145 Å². The molecular weight excluding hydrogens is 964 g/mol. The zero-order chi connectivity index (χ0) is 51.5. The van der Waals surface area contributed by atoms with Crippen LogP contribution in [0.1, 0.15) is 103 Å². The van der Waals surface area contributed by atoms with E-state index in [-0.39, 0.29) is 54.4 Å². The van der Waals surface area contributed by atoms with Crippen LogP contribution in [0.4, 0.5) is 32.6 Å². The highest BCUT2D eigenvalue weighted by Gasteiger charge is 2.36. The lowest BCUT2D eigenvalue weighted by atomic mass is 9.82. The molecule has 4 aliphatic rings. The number of aromatic nitrogens is 2. The lowest BCUT2D eigenvalue weighted by molar-refractivity contribution is -0.0360. The molecule has 1 aromatic heterocycles. The number of nitrogens with one attached hydrogen (secondary N) is 2. The van der Waals surface area contributed by atoms with Crippen LogP contribution in [0.2, 0.25) is 0 Å². The van der Waals surface area contributed by atoms with E-state index in [4.69, 9.17) is 14.2 Å². The Morgan fingerprint density at radius 1 is 0.817 bits per heavy atom. The van der Waals surface area contributed by atoms with Gasteiger partial charge in [-0.15, -0.1) is 5.10 Å². The minimum Gasteiger partial charge on any atom is -0.440 e. The summed E-state index contributed by atoms with van der Waals surface area (Å²) in [7, 11) is 5.33. The number of likely N-dealkylation sites (tertiary alicyclic amines) is 1. The summed E-state index contributed by atoms with van der Waals surface area (Å²) in [4.78, 5) is 16.0. The van der Waals surface area contributed by atoms with E-state index in [2.05, 4.69) is 24.5 Å². The highest BCUT2D eigenvalue weighted by atomic mass is 32.2. The van der Waals surface area contributed by atoms with Crippen LogP contribution in [0.3, 0.4) is 0 Å². The molecule has 6 atom stereocenters. The second-order valence-corrected chi connectivity index (χ2v) is 20.9. The number of nitrogens with zero attached hydrogens (tertiary/aromatic N) is 6. The molecule has 2 aliphatic carbocycles. The van der Waals surface area contributed by atoms with Gasteiger partial charge in [-0.1, -0.05) is 63.4 Å². The number of halogens is 5. The molecule has 1 amide bonds. The molecule has 20 heteroatoms. The first-order chi connectivity index (χ1) is 34.3. The van der Waals surface area contributed by atoms with Crippen molar-refractivity contribution in [2.75, 3.05) is 78.7 Å². The van der Waals surface area contributed by atoms with Gasteiger partial charge in [0.1, 0.15) is 18.3 Å². The third kappa shape index (κ3) is 21.9. The summed E-state index contributed by atoms with van der Waals surface area (Å²) in [6.45, 7) is 8.72. The van der Waals surface area contributed by atoms with Gasteiger partial charge in [-0.05, 0) is 113 Å². The van der Waals surface area contributed by atoms with Crippen molar-refractivity contribution in [1.29, 1.82) is 0 Å². The van der Waals surface area contributed by atoms with Crippen molar-refractivity contribution in [2.45, 2.75) is 134 Å². The number of hydrogen-bond acceptors (Lipinski definition) is 11. The Labute approximate surface area is 426 Å². The molecule has 0 spiro atoms. The Bertz CT molecular complexity index is 1910. The first-order valence-corrected chi connectivity index (χ1v) is 27.2. The number of piperidine rings is 2. The molecular formula is C51H79F5N8O5S2. The predicted molar refractivity (Wildman–Crippen MR) is 274 cm³/mol. The molecule has 4 fully saturated rings. The Hall–Kier alpha value is -3.50. The Morgan fingerprint density at radius 3 is 2.06 bits per heavy atom. The molecule has 71 heavy (non-hydrogen) atoms. The SMILES string of the molecule is CC.CC(OC(=O)N1CCC(NS(=O)N(C)C)C(COC2CCCCC2)C1)C(F)F.CN(CCF)SNC1CCN(c2cccnn2)C[C@H]1COC1CCC(c2cccc(F)c2)CC1.Fc1ccccc1. The lowest BCUT2D eigenvalue weighted by Crippen LogP contribution is -2.54. The highest BCUT2D eigenvalue weighted by molar-refractivity contribution is 7.95. The maximum atomic E-state index is 13.6. The zero-order valence-electron chi connectivity index (χ0n) is 42.5. The van der Waals surface area contributed by atoms with Gasteiger partial charge in [-0.3, -0.25) is 0 Å². The fraction of sp³-hybridized carbons (Fsp3) is 0.667. The smallest absolute Gasteiger partial charge is 0.410 e. The summed E-state index contributed by atoms with van der Waals surface area (Å²) < 4.78 is 103. The molecule has 2 aromatic carbocycles. The van der Waals surface area contributed by atoms with Gasteiger partial charge >= 0.3 is 6.09 Å². The molecule has 7 rings (SSSR count). The first-order valence-electron chi connectivity index (χ1n) is 25.3. The number of carbonyl (C=O) groups excluding carboxylic acids is 1. The Morgan fingerprint density at radius 2 is 1.46 bits per heavy atom. The quantitative estimate of drug-likeness (QED) is 0.0935. The van der Waals surface area contributed by atoms with Gasteiger partial charge in [0.15, 0.2) is 23.1 Å². The number of benzene rings is 2. The van der Waals surface area contributed by atoms with E-state index in [0.717, 1.165) is 82.3 Å². The molecule has 400 valence electrons. The van der Waals surface area contributed by atoms with Crippen LogP contribution in [0.15, 0.2) is 72.9 Å². The first kappa shape index (κ1) is 60.1. The van der Waals surface area contributed by atoms with Gasteiger partial charge in [-0.2, -0.15) is 5.10 Å². The average Bonchev–Trinajstić information content (AvgIpc) is 3.39. The second-order valence-electron chi connectivity index (χ2n) is 18.4. The summed E-state index contributed by atoms with van der Waals surface area (Å²) in [5.41, 5.74) is 1.10. The minimum absolute atomic E-state index is 0.0889. The summed E-state index contributed by atoms with van der Waals surface area (Å²) in [5.74, 6) is 1.16. The third-order valence-electron chi connectivity index (χ3n) is 13.0. The molecule has 3 aromatic rings. The Balaban J connectivity index is 0.000000266. The van der Waals surface area contributed by atoms with Crippen LogP contribution >= 0.6 is 12.1 Å². The van der Waals surface area contributed by atoms with Gasteiger partial charge in [0.2, 0.25) is 0 Å². The summed E-state index contributed by atoms with van der Waals surface area (Å²) in [6, 6.07) is 19.0. The monoisotopic (exact) mass is 1040 g/mol. The summed E-state index contributed by atoms with van der Waals surface area (Å²) >= 11 is 0.138. The van der Waals surface area contributed by atoms with Crippen LogP contribution in [0, 0.1) is 23.5 Å². The number of rotatable bonds is 18. The van der Waals surface area contributed by atoms with E-state index >= 15 is 0 Å². The van der Waals surface area contributed by atoms with Crippen molar-refractivity contribution in [3.8, 4) is 0 Å². The topological polar surface area (TPSA) is 125 Å². The molecule has 2 saturated carbocycles. The van der Waals surface area contributed by atoms with Crippen molar-refractivity contribution in [3.05, 3.63) is 90.1 Å². The molecule has 0 radical (unpaired) electrons. The van der Waals surface area contributed by atoms with Crippen molar-refractivity contribution >= 4 is 35.2 Å². The summed E-state index contributed by atoms with van der Waals surface area (Å²) in [5, 5.41) is 8.32. The molecule has 2 N–H and O–H groups in total. The average molecular weight is 1040 g/mol. The third-order valence-corrected chi connectivity index (χ3v) is 15.0. The fourth-order valence-corrected chi connectivity index (χ4v) is 10.4. The number of carbonyl (C=O) groups is 1. The summed E-state index contributed by atoms with van der Waals surface area (Å²) in [6.07, 6.45) is 8.41. The van der Waals surface area contributed by atoms with E-state index in [0.29, 0.717) is 45.2 Å². The second kappa shape index (κ2) is 33.3. The number of alkyl halides is 3.